The molecule has 5 rings (SSSR count). The Morgan fingerprint density at radius 3 is 2.66 bits per heavy atom. The van der Waals surface area contributed by atoms with E-state index in [1.165, 1.54) is 21.0 Å². The molecule has 8 nitrogen and oxygen atoms in total. The number of hydrogen-bond acceptors (Lipinski definition) is 5. The number of fused-ring (bicyclic) bond motifs is 2. The lowest BCUT2D eigenvalue weighted by Gasteiger charge is -2.22. The minimum atomic E-state index is -3.60. The van der Waals surface area contributed by atoms with E-state index in [1.807, 2.05) is 31.2 Å². The van der Waals surface area contributed by atoms with Crippen LogP contribution in [0.1, 0.15) is 31.7 Å². The molecule has 1 fully saturated rings. The first-order chi connectivity index (χ1) is 15.4. The van der Waals surface area contributed by atoms with Gasteiger partial charge in [-0.05, 0) is 49.9 Å². The van der Waals surface area contributed by atoms with Crippen molar-refractivity contribution in [1.29, 1.82) is 0 Å². The van der Waals surface area contributed by atoms with Crippen molar-refractivity contribution in [3.8, 4) is 0 Å². The number of anilines is 1. The summed E-state index contributed by atoms with van der Waals surface area (Å²) >= 11 is 0. The third kappa shape index (κ3) is 3.45. The van der Waals surface area contributed by atoms with Crippen LogP contribution in [0.25, 0.3) is 11.1 Å². The van der Waals surface area contributed by atoms with Crippen molar-refractivity contribution in [2.45, 2.75) is 50.1 Å². The average molecular weight is 456 g/mol. The van der Waals surface area contributed by atoms with E-state index in [0.717, 1.165) is 30.5 Å². The summed E-state index contributed by atoms with van der Waals surface area (Å²) < 4.78 is 33.8. The smallest absolute Gasteiger partial charge is 0.408 e. The summed E-state index contributed by atoms with van der Waals surface area (Å²) in [6.07, 6.45) is 2.65. The quantitative estimate of drug-likeness (QED) is 0.590. The van der Waals surface area contributed by atoms with Crippen LogP contribution in [0.15, 0.2) is 56.6 Å². The molecule has 1 saturated heterocycles. The standard InChI is InChI=1S/C23H25N3O5S/c1-16-14-17-6-2-3-7-19(17)26(16)22(27)10-13-25-20-9-8-18(15-21(20)31-23(25)28)32(29,30)24-11-4-5-12-24/h2-3,6-9,15-16H,4-5,10-14H2,1H3. The lowest BCUT2D eigenvalue weighted by Crippen LogP contribution is -2.36. The van der Waals surface area contributed by atoms with Crippen LogP contribution in [-0.2, 0) is 27.8 Å². The average Bonchev–Trinajstić information content (AvgIpc) is 3.48. The number of amides is 1. The molecule has 2 aliphatic heterocycles. The first kappa shape index (κ1) is 21.0. The zero-order chi connectivity index (χ0) is 22.5. The van der Waals surface area contributed by atoms with E-state index in [1.54, 1.807) is 11.0 Å². The van der Waals surface area contributed by atoms with Crippen LogP contribution >= 0.6 is 0 Å². The maximum Gasteiger partial charge on any atom is 0.419 e. The van der Waals surface area contributed by atoms with E-state index in [2.05, 4.69) is 0 Å². The predicted molar refractivity (Wildman–Crippen MR) is 120 cm³/mol. The molecule has 32 heavy (non-hydrogen) atoms. The van der Waals surface area contributed by atoms with Crippen molar-refractivity contribution in [1.82, 2.24) is 8.87 Å². The van der Waals surface area contributed by atoms with Gasteiger partial charge in [-0.2, -0.15) is 4.31 Å². The highest BCUT2D eigenvalue weighted by Gasteiger charge is 2.31. The van der Waals surface area contributed by atoms with E-state index in [-0.39, 0.29) is 35.4 Å². The van der Waals surface area contributed by atoms with Gasteiger partial charge < -0.3 is 9.32 Å². The topological polar surface area (TPSA) is 92.8 Å². The summed E-state index contributed by atoms with van der Waals surface area (Å²) in [5.74, 6) is -0.657. The van der Waals surface area contributed by atoms with Gasteiger partial charge >= 0.3 is 5.76 Å². The largest absolute Gasteiger partial charge is 0.419 e. The molecule has 0 aliphatic carbocycles. The van der Waals surface area contributed by atoms with Gasteiger partial charge in [0.05, 0.1) is 10.4 Å². The van der Waals surface area contributed by atoms with Crippen LogP contribution in [0, 0.1) is 0 Å². The second-order valence-electron chi connectivity index (χ2n) is 8.46. The fourth-order valence-electron chi connectivity index (χ4n) is 4.77. The van der Waals surface area contributed by atoms with Gasteiger partial charge in [0.15, 0.2) is 5.58 Å². The van der Waals surface area contributed by atoms with Gasteiger partial charge in [-0.25, -0.2) is 13.2 Å². The van der Waals surface area contributed by atoms with Crippen LogP contribution in [-0.4, -0.2) is 42.3 Å². The van der Waals surface area contributed by atoms with Crippen LogP contribution in [0.3, 0.4) is 0 Å². The lowest BCUT2D eigenvalue weighted by atomic mass is 10.1. The SMILES string of the molecule is CC1Cc2ccccc2N1C(=O)CCn1c(=O)oc2cc(S(=O)(=O)N3CCCC3)ccc21. The summed E-state index contributed by atoms with van der Waals surface area (Å²) in [5.41, 5.74) is 2.76. The lowest BCUT2D eigenvalue weighted by molar-refractivity contribution is -0.119. The molecule has 0 saturated carbocycles. The molecular formula is C23H25N3O5S. The van der Waals surface area contributed by atoms with E-state index < -0.39 is 15.8 Å². The van der Waals surface area contributed by atoms with Crippen molar-refractivity contribution in [2.24, 2.45) is 0 Å². The third-order valence-electron chi connectivity index (χ3n) is 6.37. The number of oxazole rings is 1. The highest BCUT2D eigenvalue weighted by Crippen LogP contribution is 2.32. The van der Waals surface area contributed by atoms with Gasteiger partial charge in [0.2, 0.25) is 15.9 Å². The number of sulfonamides is 1. The molecule has 0 radical (unpaired) electrons. The molecule has 1 amide bonds. The minimum Gasteiger partial charge on any atom is -0.408 e. The number of carbonyl (C=O) groups is 1. The fourth-order valence-corrected chi connectivity index (χ4v) is 6.30. The van der Waals surface area contributed by atoms with E-state index in [9.17, 15) is 18.0 Å². The Bertz CT molecular complexity index is 1350. The number of aromatic nitrogens is 1. The van der Waals surface area contributed by atoms with Crippen LogP contribution in [0.2, 0.25) is 0 Å². The summed E-state index contributed by atoms with van der Waals surface area (Å²) in [6.45, 7) is 3.19. The van der Waals surface area contributed by atoms with Crippen molar-refractivity contribution in [2.75, 3.05) is 18.0 Å². The number of hydrogen-bond donors (Lipinski definition) is 0. The number of nitrogens with zero attached hydrogens (tertiary/aromatic N) is 3. The maximum absolute atomic E-state index is 13.0. The molecule has 168 valence electrons. The molecule has 2 aliphatic rings. The molecule has 1 atom stereocenters. The predicted octanol–water partition coefficient (Wildman–Crippen LogP) is 2.75. The molecule has 2 aromatic carbocycles. The van der Waals surface area contributed by atoms with Crippen molar-refractivity contribution >= 4 is 32.7 Å². The van der Waals surface area contributed by atoms with Gasteiger partial charge in [-0.15, -0.1) is 0 Å². The van der Waals surface area contributed by atoms with Crippen molar-refractivity contribution in [3.05, 3.63) is 58.6 Å². The van der Waals surface area contributed by atoms with Crippen LogP contribution in [0.4, 0.5) is 5.69 Å². The van der Waals surface area contributed by atoms with Gasteiger partial charge in [0.1, 0.15) is 0 Å². The molecule has 0 N–H and O–H groups in total. The Labute approximate surface area is 186 Å². The first-order valence-corrected chi connectivity index (χ1v) is 12.3. The number of para-hydroxylation sites is 1. The molecular weight excluding hydrogens is 430 g/mol. The molecule has 3 heterocycles. The number of aryl methyl sites for hydroxylation is 1. The Hall–Kier alpha value is -2.91. The normalized spacial score (nSPS) is 19.0. The number of benzene rings is 2. The van der Waals surface area contributed by atoms with Gasteiger partial charge in [0.25, 0.3) is 0 Å². The summed E-state index contributed by atoms with van der Waals surface area (Å²) in [4.78, 5) is 27.4. The first-order valence-electron chi connectivity index (χ1n) is 10.9. The Morgan fingerprint density at radius 2 is 1.88 bits per heavy atom. The summed E-state index contributed by atoms with van der Waals surface area (Å²) in [7, 11) is -3.60. The molecule has 0 bridgehead atoms. The Kier molecular flexibility index (Phi) is 5.17. The zero-order valence-corrected chi connectivity index (χ0v) is 18.7. The third-order valence-corrected chi connectivity index (χ3v) is 8.26. The molecule has 1 aromatic heterocycles. The molecule has 0 spiro atoms. The number of rotatable bonds is 5. The Morgan fingerprint density at radius 1 is 1.12 bits per heavy atom. The Balaban J connectivity index is 1.38. The van der Waals surface area contributed by atoms with E-state index >= 15 is 0 Å². The molecule has 9 heteroatoms. The number of carbonyl (C=O) groups excluding carboxylic acids is 1. The van der Waals surface area contributed by atoms with Gasteiger partial charge in [0, 0.05) is 43.9 Å². The summed E-state index contributed by atoms with van der Waals surface area (Å²) in [6, 6.07) is 12.4. The van der Waals surface area contributed by atoms with E-state index in [4.69, 9.17) is 4.42 Å². The minimum absolute atomic E-state index is 0.0584. The fraction of sp³-hybridized carbons (Fsp3) is 0.391. The zero-order valence-electron chi connectivity index (χ0n) is 17.9. The molecule has 3 aromatic rings. The van der Waals surface area contributed by atoms with Gasteiger partial charge in [-0.3, -0.25) is 9.36 Å². The maximum atomic E-state index is 13.0. The van der Waals surface area contributed by atoms with Crippen LogP contribution in [0.5, 0.6) is 0 Å². The second kappa shape index (κ2) is 7.90. The summed E-state index contributed by atoms with van der Waals surface area (Å²) in [5, 5.41) is 0. The van der Waals surface area contributed by atoms with Crippen molar-refractivity contribution < 1.29 is 17.6 Å². The monoisotopic (exact) mass is 455 g/mol. The second-order valence-corrected chi connectivity index (χ2v) is 10.4. The molecule has 1 unspecified atom stereocenters. The van der Waals surface area contributed by atoms with E-state index in [0.29, 0.717) is 18.6 Å². The highest BCUT2D eigenvalue weighted by molar-refractivity contribution is 7.89. The van der Waals surface area contributed by atoms with Crippen LogP contribution < -0.4 is 10.7 Å². The highest BCUT2D eigenvalue weighted by atomic mass is 32.2. The van der Waals surface area contributed by atoms with Crippen molar-refractivity contribution in [3.63, 3.8) is 0 Å². The van der Waals surface area contributed by atoms with Gasteiger partial charge in [-0.1, -0.05) is 18.2 Å².